The van der Waals surface area contributed by atoms with E-state index >= 15 is 0 Å². The number of hydrogen-bond acceptors (Lipinski definition) is 2. The highest BCUT2D eigenvalue weighted by Gasteiger charge is 2.55. The molecule has 1 aromatic rings. The van der Waals surface area contributed by atoms with E-state index < -0.39 is 0 Å². The molecule has 4 heteroatoms. The van der Waals surface area contributed by atoms with Crippen LogP contribution in [0, 0.1) is 23.2 Å². The van der Waals surface area contributed by atoms with Gasteiger partial charge in [-0.2, -0.15) is 0 Å². The minimum absolute atomic E-state index is 0.590. The highest BCUT2D eigenvalue weighted by molar-refractivity contribution is 9.13. The van der Waals surface area contributed by atoms with Gasteiger partial charge < -0.3 is 5.32 Å². The van der Waals surface area contributed by atoms with Crippen molar-refractivity contribution in [3.63, 3.8) is 0 Å². The molecule has 0 aliphatic heterocycles. The maximum absolute atomic E-state index is 3.80. The molecule has 1 unspecified atom stereocenters. The van der Waals surface area contributed by atoms with E-state index in [0.29, 0.717) is 11.5 Å². The lowest BCUT2D eigenvalue weighted by atomic mass is 9.45. The first-order chi connectivity index (χ1) is 8.89. The Balaban J connectivity index is 1.60. The van der Waals surface area contributed by atoms with E-state index in [-0.39, 0.29) is 0 Å². The Morgan fingerprint density at radius 3 is 2.63 bits per heavy atom. The van der Waals surface area contributed by atoms with Gasteiger partial charge in [-0.3, -0.25) is 0 Å². The summed E-state index contributed by atoms with van der Waals surface area (Å²) in [5.74, 6) is 2.67. The van der Waals surface area contributed by atoms with Crippen LogP contribution in [0.3, 0.4) is 0 Å². The summed E-state index contributed by atoms with van der Waals surface area (Å²) in [5.41, 5.74) is 0.590. The third-order valence-electron chi connectivity index (χ3n) is 5.59. The largest absolute Gasteiger partial charge is 0.309 e. The maximum Gasteiger partial charge on any atom is 0.0843 e. The van der Waals surface area contributed by atoms with Crippen LogP contribution in [0.25, 0.3) is 0 Å². The van der Waals surface area contributed by atoms with Crippen LogP contribution < -0.4 is 5.32 Å². The molecule has 0 amide bonds. The summed E-state index contributed by atoms with van der Waals surface area (Å²) < 4.78 is 2.37. The first-order valence-corrected chi connectivity index (χ1v) is 9.47. The fourth-order valence-electron chi connectivity index (χ4n) is 4.13. The summed E-state index contributed by atoms with van der Waals surface area (Å²) in [7, 11) is 0. The van der Waals surface area contributed by atoms with E-state index in [1.807, 2.05) is 11.3 Å². The van der Waals surface area contributed by atoms with E-state index in [9.17, 15) is 0 Å². The summed E-state index contributed by atoms with van der Waals surface area (Å²) in [5, 5.41) is 3.80. The normalized spacial score (nSPS) is 36.1. The summed E-state index contributed by atoms with van der Waals surface area (Å²) in [6.07, 6.45) is 2.82. The highest BCUT2D eigenvalue weighted by Crippen LogP contribution is 2.61. The lowest BCUT2D eigenvalue weighted by molar-refractivity contribution is -0.115. The standard InChI is InChI=1S/C15H21Br2NS/c1-8-11-4-9(15(11,2)3)5-13(8)18-7-10-6-12(16)14(17)19-10/h6,8-9,11,13,18H,4-5,7H2,1-3H3/t8-,9?,11-,13-/m1/s1. The number of halogens is 2. The van der Waals surface area contributed by atoms with Crippen molar-refractivity contribution >= 4 is 43.2 Å². The molecular weight excluding hydrogens is 386 g/mol. The van der Waals surface area contributed by atoms with Crippen LogP contribution in [0.1, 0.15) is 38.5 Å². The van der Waals surface area contributed by atoms with Crippen molar-refractivity contribution in [3.05, 3.63) is 19.2 Å². The molecule has 0 radical (unpaired) electrons. The second-order valence-electron chi connectivity index (χ2n) is 6.78. The van der Waals surface area contributed by atoms with Gasteiger partial charge in [0, 0.05) is 21.9 Å². The quantitative estimate of drug-likeness (QED) is 0.705. The number of hydrogen-bond donors (Lipinski definition) is 1. The fourth-order valence-corrected chi connectivity index (χ4v) is 6.26. The number of thiophene rings is 1. The summed E-state index contributed by atoms with van der Waals surface area (Å²) in [4.78, 5) is 1.41. The van der Waals surface area contributed by atoms with Gasteiger partial charge in [-0.05, 0) is 73.9 Å². The van der Waals surface area contributed by atoms with Crippen molar-refractivity contribution in [1.82, 2.24) is 5.32 Å². The minimum Gasteiger partial charge on any atom is -0.309 e. The molecule has 106 valence electrons. The third kappa shape index (κ3) is 2.47. The van der Waals surface area contributed by atoms with Crippen molar-refractivity contribution in [2.75, 3.05) is 0 Å². The van der Waals surface area contributed by atoms with Gasteiger partial charge >= 0.3 is 0 Å². The minimum atomic E-state index is 0.590. The van der Waals surface area contributed by atoms with Gasteiger partial charge in [-0.25, -0.2) is 0 Å². The Labute approximate surface area is 136 Å². The van der Waals surface area contributed by atoms with Crippen LogP contribution >= 0.6 is 43.2 Å². The zero-order chi connectivity index (χ0) is 13.8. The van der Waals surface area contributed by atoms with E-state index in [0.717, 1.165) is 24.3 Å². The van der Waals surface area contributed by atoms with Gasteiger partial charge in [0.1, 0.15) is 0 Å². The zero-order valence-electron chi connectivity index (χ0n) is 11.7. The number of nitrogens with one attached hydrogen (secondary N) is 1. The molecule has 4 rings (SSSR count). The zero-order valence-corrected chi connectivity index (χ0v) is 15.7. The predicted molar refractivity (Wildman–Crippen MR) is 89.5 cm³/mol. The molecule has 1 heterocycles. The summed E-state index contributed by atoms with van der Waals surface area (Å²) >= 11 is 8.95. The lowest BCUT2D eigenvalue weighted by Crippen LogP contribution is -2.59. The first-order valence-electron chi connectivity index (χ1n) is 7.06. The molecule has 3 saturated carbocycles. The van der Waals surface area contributed by atoms with Crippen LogP contribution in [0.5, 0.6) is 0 Å². The molecule has 19 heavy (non-hydrogen) atoms. The molecule has 3 aliphatic rings. The Morgan fingerprint density at radius 2 is 2.11 bits per heavy atom. The molecule has 2 bridgehead atoms. The molecule has 4 atom stereocenters. The fraction of sp³-hybridized carbons (Fsp3) is 0.733. The topological polar surface area (TPSA) is 12.0 Å². The number of rotatable bonds is 3. The third-order valence-corrected chi connectivity index (χ3v) is 8.85. The van der Waals surface area contributed by atoms with Gasteiger partial charge in [0.05, 0.1) is 3.79 Å². The molecule has 0 aromatic carbocycles. The van der Waals surface area contributed by atoms with Crippen LogP contribution in [0.15, 0.2) is 14.3 Å². The summed E-state index contributed by atoms with van der Waals surface area (Å²) in [6.45, 7) is 8.38. The van der Waals surface area contributed by atoms with Crippen molar-refractivity contribution in [2.24, 2.45) is 23.2 Å². The molecule has 0 saturated heterocycles. The Kier molecular flexibility index (Phi) is 3.92. The second-order valence-corrected chi connectivity index (χ2v) is 10.1. The first kappa shape index (κ1) is 14.6. The Morgan fingerprint density at radius 1 is 1.37 bits per heavy atom. The van der Waals surface area contributed by atoms with Gasteiger partial charge in [-0.15, -0.1) is 11.3 Å². The number of fused-ring (bicyclic) bond motifs is 2. The van der Waals surface area contributed by atoms with Crippen LogP contribution in [-0.2, 0) is 6.54 Å². The van der Waals surface area contributed by atoms with Crippen molar-refractivity contribution in [3.8, 4) is 0 Å². The maximum atomic E-state index is 3.80. The van der Waals surface area contributed by atoms with Gasteiger partial charge in [0.2, 0.25) is 0 Å². The molecule has 3 aliphatic carbocycles. The van der Waals surface area contributed by atoms with Gasteiger partial charge in [0.15, 0.2) is 0 Å². The average molecular weight is 407 g/mol. The molecule has 3 fully saturated rings. The lowest BCUT2D eigenvalue weighted by Gasteiger charge is -2.62. The van der Waals surface area contributed by atoms with E-state index in [1.54, 1.807) is 0 Å². The Hall–Kier alpha value is 0.620. The van der Waals surface area contributed by atoms with Gasteiger partial charge in [-0.1, -0.05) is 20.8 Å². The molecule has 1 N–H and O–H groups in total. The molecule has 1 nitrogen and oxygen atoms in total. The van der Waals surface area contributed by atoms with Gasteiger partial charge in [0.25, 0.3) is 0 Å². The molecule has 0 spiro atoms. The molecule has 1 aromatic heterocycles. The monoisotopic (exact) mass is 405 g/mol. The second kappa shape index (κ2) is 5.11. The van der Waals surface area contributed by atoms with Crippen molar-refractivity contribution < 1.29 is 0 Å². The average Bonchev–Trinajstić information content (AvgIpc) is 2.66. The predicted octanol–water partition coefficient (Wildman–Crippen LogP) is 5.43. The van der Waals surface area contributed by atoms with Crippen LogP contribution in [0.2, 0.25) is 0 Å². The van der Waals surface area contributed by atoms with E-state index in [1.165, 1.54) is 26.0 Å². The van der Waals surface area contributed by atoms with Crippen molar-refractivity contribution in [1.29, 1.82) is 0 Å². The van der Waals surface area contributed by atoms with E-state index in [4.69, 9.17) is 0 Å². The Bertz CT molecular complexity index is 463. The highest BCUT2D eigenvalue weighted by atomic mass is 79.9. The van der Waals surface area contributed by atoms with Crippen LogP contribution in [-0.4, -0.2) is 6.04 Å². The van der Waals surface area contributed by atoms with Crippen LogP contribution in [0.4, 0.5) is 0 Å². The summed E-state index contributed by atoms with van der Waals surface area (Å²) in [6, 6.07) is 2.93. The SMILES string of the molecule is C[C@@H]1[C@H]2CC(C[C@H]1NCc1cc(Br)c(Br)s1)C2(C)C. The van der Waals surface area contributed by atoms with Crippen molar-refractivity contribution in [2.45, 2.75) is 46.2 Å². The smallest absolute Gasteiger partial charge is 0.0843 e. The molecular formula is C15H21Br2NS. The van der Waals surface area contributed by atoms with E-state index in [2.05, 4.69) is 64.0 Å².